The third-order valence-electron chi connectivity index (χ3n) is 5.51. The maximum Gasteiger partial charge on any atom is 0.165 e. The van der Waals surface area contributed by atoms with E-state index < -0.39 is 0 Å². The molecule has 164 valence electrons. The molecule has 0 amide bonds. The number of rotatable bonds is 8. The first-order valence-corrected chi connectivity index (χ1v) is 11.9. The Bertz CT molecular complexity index is 1160. The van der Waals surface area contributed by atoms with Gasteiger partial charge in [-0.2, -0.15) is 0 Å². The highest BCUT2D eigenvalue weighted by Crippen LogP contribution is 2.44. The fourth-order valence-electron chi connectivity index (χ4n) is 3.88. The zero-order chi connectivity index (χ0) is 21.8. The molecule has 0 spiro atoms. The number of fused-ring (bicyclic) bond motifs is 1. The summed E-state index contributed by atoms with van der Waals surface area (Å²) in [5.74, 6) is 0. The number of ether oxygens (including phenoxy) is 2. The molecule has 1 saturated heterocycles. The number of benzene rings is 2. The summed E-state index contributed by atoms with van der Waals surface area (Å²) in [5.41, 5.74) is 3.70. The molecule has 0 N–H and O–H groups in total. The summed E-state index contributed by atoms with van der Waals surface area (Å²) in [6.07, 6.45) is 4.16. The predicted molar refractivity (Wildman–Crippen MR) is 126 cm³/mol. The van der Waals surface area contributed by atoms with Crippen LogP contribution >= 0.6 is 23.4 Å². The predicted octanol–water partition coefficient (Wildman–Crippen LogP) is 5.29. The molecule has 1 fully saturated rings. The van der Waals surface area contributed by atoms with Crippen molar-refractivity contribution >= 4 is 34.5 Å². The fraction of sp³-hybridized carbons (Fsp3) is 0.292. The smallest absolute Gasteiger partial charge is 0.165 e. The average molecular weight is 467 g/mol. The summed E-state index contributed by atoms with van der Waals surface area (Å²) in [5, 5.41) is 0.704. The summed E-state index contributed by atoms with van der Waals surface area (Å²) in [7, 11) is 0. The zero-order valence-electron chi connectivity index (χ0n) is 17.4. The Hall–Kier alpha value is -2.45. The highest BCUT2D eigenvalue weighted by molar-refractivity contribution is 8.00. The van der Waals surface area contributed by atoms with E-state index >= 15 is 0 Å². The lowest BCUT2D eigenvalue weighted by atomic mass is 10.1. The Morgan fingerprint density at radius 2 is 1.66 bits per heavy atom. The molecule has 0 bridgehead atoms. The van der Waals surface area contributed by atoms with E-state index in [1.54, 1.807) is 6.33 Å². The molecule has 8 heteroatoms. The summed E-state index contributed by atoms with van der Waals surface area (Å²) in [6, 6.07) is 20.5. The van der Waals surface area contributed by atoms with Crippen molar-refractivity contribution in [3.8, 4) is 0 Å². The lowest BCUT2D eigenvalue weighted by Crippen LogP contribution is -2.26. The number of imidazole rings is 1. The second-order valence-electron chi connectivity index (χ2n) is 7.69. The van der Waals surface area contributed by atoms with E-state index in [1.807, 2.05) is 48.2 Å². The monoisotopic (exact) mass is 466 g/mol. The SMILES string of the molecule is Clc1ncnc2c1ncn2[C@@H]1C[C@@H](OCc2ccccc2)[C@H](COCc2ccccc2)S1. The Labute approximate surface area is 196 Å². The van der Waals surface area contributed by atoms with Crippen LogP contribution in [0.1, 0.15) is 22.9 Å². The van der Waals surface area contributed by atoms with Crippen LogP contribution < -0.4 is 0 Å². The lowest BCUT2D eigenvalue weighted by molar-refractivity contribution is 0.0137. The number of hydrogen-bond acceptors (Lipinski definition) is 6. The van der Waals surface area contributed by atoms with E-state index in [2.05, 4.69) is 43.8 Å². The van der Waals surface area contributed by atoms with Crippen molar-refractivity contribution < 1.29 is 9.47 Å². The van der Waals surface area contributed by atoms with Crippen LogP contribution in [0.2, 0.25) is 5.15 Å². The van der Waals surface area contributed by atoms with Gasteiger partial charge in [0.1, 0.15) is 11.8 Å². The molecule has 0 radical (unpaired) electrons. The minimum Gasteiger partial charge on any atom is -0.376 e. The van der Waals surface area contributed by atoms with Gasteiger partial charge >= 0.3 is 0 Å². The first-order valence-electron chi connectivity index (χ1n) is 10.5. The first kappa shape index (κ1) is 21.4. The van der Waals surface area contributed by atoms with Gasteiger partial charge in [-0.15, -0.1) is 11.8 Å². The second kappa shape index (κ2) is 10.0. The zero-order valence-corrected chi connectivity index (χ0v) is 19.0. The van der Waals surface area contributed by atoms with Crippen molar-refractivity contribution in [1.82, 2.24) is 19.5 Å². The van der Waals surface area contributed by atoms with Gasteiger partial charge in [-0.1, -0.05) is 72.3 Å². The molecule has 0 unspecified atom stereocenters. The van der Waals surface area contributed by atoms with Gasteiger partial charge in [0, 0.05) is 6.42 Å². The third kappa shape index (κ3) is 4.81. The minimum absolute atomic E-state index is 0.0516. The van der Waals surface area contributed by atoms with Crippen molar-refractivity contribution in [3.05, 3.63) is 89.6 Å². The molecule has 1 aliphatic rings. The van der Waals surface area contributed by atoms with Crippen molar-refractivity contribution in [3.63, 3.8) is 0 Å². The Morgan fingerprint density at radius 3 is 2.41 bits per heavy atom. The van der Waals surface area contributed by atoms with Crippen molar-refractivity contribution in [1.29, 1.82) is 0 Å². The highest BCUT2D eigenvalue weighted by atomic mass is 35.5. The van der Waals surface area contributed by atoms with Crippen LogP contribution in [0.15, 0.2) is 73.3 Å². The van der Waals surface area contributed by atoms with Crippen LogP contribution in [0.3, 0.4) is 0 Å². The molecular weight excluding hydrogens is 444 g/mol. The van der Waals surface area contributed by atoms with Crippen LogP contribution in [-0.2, 0) is 22.7 Å². The summed E-state index contributed by atoms with van der Waals surface area (Å²) >= 11 is 8.04. The van der Waals surface area contributed by atoms with Crippen molar-refractivity contribution in [2.45, 2.75) is 36.4 Å². The van der Waals surface area contributed by atoms with Crippen LogP contribution in [0, 0.1) is 0 Å². The quantitative estimate of drug-likeness (QED) is 0.329. The van der Waals surface area contributed by atoms with Gasteiger partial charge in [0.2, 0.25) is 0 Å². The third-order valence-corrected chi connectivity index (χ3v) is 7.31. The van der Waals surface area contributed by atoms with Crippen LogP contribution in [-0.4, -0.2) is 37.5 Å². The van der Waals surface area contributed by atoms with Gasteiger partial charge in [0.15, 0.2) is 10.8 Å². The molecule has 0 saturated carbocycles. The van der Waals surface area contributed by atoms with Crippen molar-refractivity contribution in [2.75, 3.05) is 6.61 Å². The molecule has 1 aliphatic heterocycles. The molecule has 4 aromatic rings. The molecule has 3 atom stereocenters. The van der Waals surface area contributed by atoms with Gasteiger partial charge in [-0.3, -0.25) is 0 Å². The second-order valence-corrected chi connectivity index (χ2v) is 9.47. The Balaban J connectivity index is 1.30. The van der Waals surface area contributed by atoms with E-state index in [-0.39, 0.29) is 16.7 Å². The summed E-state index contributed by atoms with van der Waals surface area (Å²) in [4.78, 5) is 12.9. The van der Waals surface area contributed by atoms with Gasteiger partial charge < -0.3 is 14.0 Å². The van der Waals surface area contributed by atoms with E-state index in [4.69, 9.17) is 21.1 Å². The van der Waals surface area contributed by atoms with Gasteiger partial charge in [-0.05, 0) is 11.1 Å². The van der Waals surface area contributed by atoms with Crippen LogP contribution in [0.4, 0.5) is 0 Å². The maximum absolute atomic E-state index is 6.38. The number of halogens is 1. The van der Waals surface area contributed by atoms with E-state index in [1.165, 1.54) is 11.9 Å². The average Bonchev–Trinajstić information content (AvgIpc) is 3.44. The van der Waals surface area contributed by atoms with Gasteiger partial charge in [0.25, 0.3) is 0 Å². The fourth-order valence-corrected chi connectivity index (χ4v) is 5.58. The summed E-state index contributed by atoms with van der Waals surface area (Å²) in [6.45, 7) is 1.77. The van der Waals surface area contributed by atoms with E-state index in [0.717, 1.165) is 17.6 Å². The standard InChI is InChI=1S/C24H23ClN4O2S/c25-23-22-24(27-15-26-23)29(16-28-22)21-11-19(31-13-18-9-5-2-6-10-18)20(32-21)14-30-12-17-7-3-1-4-8-17/h1-10,15-16,19-21H,11-14H2/t19-,20+,21+/m1/s1. The lowest BCUT2D eigenvalue weighted by Gasteiger charge is -2.19. The number of nitrogens with zero attached hydrogens (tertiary/aromatic N) is 4. The van der Waals surface area contributed by atoms with Crippen LogP contribution in [0.5, 0.6) is 0 Å². The molecular formula is C24H23ClN4O2S. The van der Waals surface area contributed by atoms with Gasteiger partial charge in [-0.25, -0.2) is 15.0 Å². The molecule has 0 aliphatic carbocycles. The first-order chi connectivity index (χ1) is 15.8. The van der Waals surface area contributed by atoms with Gasteiger partial charge in [0.05, 0.1) is 42.9 Å². The number of hydrogen-bond donors (Lipinski definition) is 0. The number of aromatic nitrogens is 4. The number of thioether (sulfide) groups is 1. The van der Waals surface area contributed by atoms with E-state index in [9.17, 15) is 0 Å². The van der Waals surface area contributed by atoms with E-state index in [0.29, 0.717) is 30.5 Å². The Kier molecular flexibility index (Phi) is 6.69. The van der Waals surface area contributed by atoms with Crippen LogP contribution in [0.25, 0.3) is 11.2 Å². The normalized spacial score (nSPS) is 20.7. The topological polar surface area (TPSA) is 62.1 Å². The molecule has 3 heterocycles. The molecule has 32 heavy (non-hydrogen) atoms. The Morgan fingerprint density at radius 1 is 0.938 bits per heavy atom. The van der Waals surface area contributed by atoms with Crippen molar-refractivity contribution in [2.24, 2.45) is 0 Å². The maximum atomic E-state index is 6.38. The molecule has 2 aromatic carbocycles. The molecule has 5 rings (SSSR count). The minimum atomic E-state index is 0.0516. The molecule has 6 nitrogen and oxygen atoms in total. The molecule has 2 aromatic heterocycles. The highest BCUT2D eigenvalue weighted by Gasteiger charge is 2.37. The summed E-state index contributed by atoms with van der Waals surface area (Å²) < 4.78 is 14.5. The largest absolute Gasteiger partial charge is 0.376 e.